The maximum absolute atomic E-state index is 6.12. The second-order valence-corrected chi connectivity index (χ2v) is 4.92. The van der Waals surface area contributed by atoms with Crippen LogP contribution in [0.15, 0.2) is 12.1 Å². The van der Waals surface area contributed by atoms with Gasteiger partial charge >= 0.3 is 0 Å². The van der Waals surface area contributed by atoms with Crippen molar-refractivity contribution in [3.8, 4) is 5.75 Å². The summed E-state index contributed by atoms with van der Waals surface area (Å²) in [4.78, 5) is 4.54. The van der Waals surface area contributed by atoms with E-state index >= 15 is 0 Å². The van der Waals surface area contributed by atoms with E-state index in [4.69, 9.17) is 22.1 Å². The van der Waals surface area contributed by atoms with E-state index in [0.717, 1.165) is 38.8 Å². The number of hydrogen-bond donors (Lipinski definition) is 1. The maximum atomic E-state index is 6.12. The van der Waals surface area contributed by atoms with Gasteiger partial charge in [-0.1, -0.05) is 11.6 Å². The van der Waals surface area contributed by atoms with E-state index in [2.05, 4.69) is 4.98 Å². The molecule has 0 aliphatic heterocycles. The normalized spacial score (nSPS) is 10.9. The number of nitrogens with zero attached hydrogens (tertiary/aromatic N) is 1. The van der Waals surface area contributed by atoms with E-state index in [-0.39, 0.29) is 0 Å². The predicted molar refractivity (Wildman–Crippen MR) is 68.6 cm³/mol. The Bertz CT molecular complexity index is 498. The van der Waals surface area contributed by atoms with Crippen molar-refractivity contribution < 1.29 is 4.74 Å². The number of fused-ring (bicyclic) bond motifs is 1. The number of aryl methyl sites for hydroxylation is 1. The molecule has 0 aliphatic carbocycles. The number of rotatable bonds is 4. The molecule has 0 saturated carbocycles. The molecule has 16 heavy (non-hydrogen) atoms. The lowest BCUT2D eigenvalue weighted by Crippen LogP contribution is -1.99. The zero-order chi connectivity index (χ0) is 11.5. The smallest absolute Gasteiger partial charge is 0.146 e. The Morgan fingerprint density at radius 1 is 1.50 bits per heavy atom. The quantitative estimate of drug-likeness (QED) is 0.915. The number of hydrogen-bond acceptors (Lipinski definition) is 4. The van der Waals surface area contributed by atoms with Crippen molar-refractivity contribution in [3.63, 3.8) is 0 Å². The minimum absolute atomic E-state index is 0.681. The first-order valence-electron chi connectivity index (χ1n) is 5.08. The van der Waals surface area contributed by atoms with E-state index in [1.165, 1.54) is 0 Å². The molecule has 0 spiro atoms. The van der Waals surface area contributed by atoms with Crippen molar-refractivity contribution in [2.45, 2.75) is 12.8 Å². The summed E-state index contributed by atoms with van der Waals surface area (Å²) >= 11 is 7.74. The largest absolute Gasteiger partial charge is 0.494 e. The minimum atomic E-state index is 0.681. The zero-order valence-corrected chi connectivity index (χ0v) is 10.6. The highest BCUT2D eigenvalue weighted by molar-refractivity contribution is 7.19. The van der Waals surface area contributed by atoms with E-state index in [1.54, 1.807) is 18.4 Å². The Labute approximate surface area is 103 Å². The molecule has 0 fully saturated rings. The number of thiazole rings is 1. The molecule has 0 atom stereocenters. The molecule has 2 rings (SSSR count). The number of methoxy groups -OCH3 is 1. The van der Waals surface area contributed by atoms with Crippen LogP contribution in [0.3, 0.4) is 0 Å². The number of aromatic nitrogens is 1. The molecular formula is C11H13ClN2OS. The van der Waals surface area contributed by atoms with Crippen LogP contribution < -0.4 is 10.5 Å². The Hall–Kier alpha value is -0.840. The fourth-order valence-electron chi connectivity index (χ4n) is 1.52. The molecule has 1 aromatic carbocycles. The second kappa shape index (κ2) is 4.99. The first kappa shape index (κ1) is 11.6. The average Bonchev–Trinajstić information content (AvgIpc) is 2.72. The van der Waals surface area contributed by atoms with Crippen LogP contribution in [0, 0.1) is 0 Å². The van der Waals surface area contributed by atoms with E-state index in [0.29, 0.717) is 6.54 Å². The number of halogens is 1. The van der Waals surface area contributed by atoms with Gasteiger partial charge in [-0.2, -0.15) is 0 Å². The average molecular weight is 257 g/mol. The van der Waals surface area contributed by atoms with Crippen LogP contribution in [0.2, 0.25) is 5.02 Å². The van der Waals surface area contributed by atoms with Crippen molar-refractivity contribution in [1.29, 1.82) is 0 Å². The monoisotopic (exact) mass is 256 g/mol. The second-order valence-electron chi connectivity index (χ2n) is 3.43. The lowest BCUT2D eigenvalue weighted by Gasteiger charge is -2.00. The van der Waals surface area contributed by atoms with Crippen molar-refractivity contribution in [2.24, 2.45) is 5.73 Å². The topological polar surface area (TPSA) is 48.1 Å². The minimum Gasteiger partial charge on any atom is -0.494 e. The molecule has 1 heterocycles. The molecule has 0 unspecified atom stereocenters. The summed E-state index contributed by atoms with van der Waals surface area (Å²) in [6.45, 7) is 0.681. The highest BCUT2D eigenvalue weighted by atomic mass is 35.5. The summed E-state index contributed by atoms with van der Waals surface area (Å²) in [7, 11) is 1.64. The Morgan fingerprint density at radius 3 is 3.00 bits per heavy atom. The van der Waals surface area contributed by atoms with Gasteiger partial charge in [0, 0.05) is 6.42 Å². The fraction of sp³-hybridized carbons (Fsp3) is 0.364. The lowest BCUT2D eigenvalue weighted by molar-refractivity contribution is 0.419. The molecule has 5 heteroatoms. The summed E-state index contributed by atoms with van der Waals surface area (Å²) in [6, 6.07) is 3.69. The van der Waals surface area contributed by atoms with E-state index in [1.807, 2.05) is 12.1 Å². The summed E-state index contributed by atoms with van der Waals surface area (Å²) in [6.07, 6.45) is 1.84. The van der Waals surface area contributed by atoms with Gasteiger partial charge in [-0.05, 0) is 25.1 Å². The molecule has 2 aromatic rings. The van der Waals surface area contributed by atoms with Crippen LogP contribution in [-0.4, -0.2) is 18.6 Å². The summed E-state index contributed by atoms with van der Waals surface area (Å²) in [5, 5.41) is 1.79. The third kappa shape index (κ3) is 2.14. The van der Waals surface area contributed by atoms with Gasteiger partial charge in [-0.15, -0.1) is 11.3 Å². The van der Waals surface area contributed by atoms with Crippen molar-refractivity contribution in [2.75, 3.05) is 13.7 Å². The maximum Gasteiger partial charge on any atom is 0.146 e. The molecule has 1 aromatic heterocycles. The van der Waals surface area contributed by atoms with Gasteiger partial charge in [-0.25, -0.2) is 4.98 Å². The zero-order valence-electron chi connectivity index (χ0n) is 9.00. The molecule has 0 radical (unpaired) electrons. The van der Waals surface area contributed by atoms with Crippen LogP contribution in [-0.2, 0) is 6.42 Å². The molecule has 0 bridgehead atoms. The van der Waals surface area contributed by atoms with Crippen LogP contribution in [0.5, 0.6) is 5.75 Å². The number of ether oxygens (including phenoxy) is 1. The van der Waals surface area contributed by atoms with E-state index in [9.17, 15) is 0 Å². The van der Waals surface area contributed by atoms with Gasteiger partial charge in [0.1, 0.15) is 11.3 Å². The van der Waals surface area contributed by atoms with Crippen LogP contribution in [0.4, 0.5) is 0 Å². The third-order valence-electron chi connectivity index (χ3n) is 2.32. The standard InChI is InChI=1S/C11H13ClN2OS/c1-15-8-5-4-7(12)11-10(8)14-9(16-11)3-2-6-13/h4-5H,2-3,6,13H2,1H3. The van der Waals surface area contributed by atoms with Gasteiger partial charge in [-0.3, -0.25) is 0 Å². The molecule has 3 nitrogen and oxygen atoms in total. The first-order chi connectivity index (χ1) is 7.76. The summed E-state index contributed by atoms with van der Waals surface area (Å²) in [5.74, 6) is 0.773. The molecule has 86 valence electrons. The van der Waals surface area contributed by atoms with E-state index < -0.39 is 0 Å². The molecular weight excluding hydrogens is 244 g/mol. The fourth-order valence-corrected chi connectivity index (χ4v) is 2.82. The van der Waals surface area contributed by atoms with Gasteiger partial charge < -0.3 is 10.5 Å². The lowest BCUT2D eigenvalue weighted by atomic mass is 10.3. The highest BCUT2D eigenvalue weighted by Crippen LogP contribution is 2.35. The van der Waals surface area contributed by atoms with Gasteiger partial charge in [0.15, 0.2) is 0 Å². The number of nitrogens with two attached hydrogens (primary N) is 1. The van der Waals surface area contributed by atoms with Gasteiger partial charge in [0.05, 0.1) is 21.8 Å². The first-order valence-corrected chi connectivity index (χ1v) is 6.27. The van der Waals surface area contributed by atoms with Crippen LogP contribution in [0.25, 0.3) is 10.2 Å². The van der Waals surface area contributed by atoms with Crippen LogP contribution >= 0.6 is 22.9 Å². The van der Waals surface area contributed by atoms with Crippen molar-refractivity contribution in [3.05, 3.63) is 22.2 Å². The molecule has 0 aliphatic rings. The molecule has 2 N–H and O–H groups in total. The highest BCUT2D eigenvalue weighted by Gasteiger charge is 2.11. The van der Waals surface area contributed by atoms with Gasteiger partial charge in [0.25, 0.3) is 0 Å². The molecule has 0 amide bonds. The molecule has 0 saturated heterocycles. The summed E-state index contributed by atoms with van der Waals surface area (Å²) < 4.78 is 6.25. The SMILES string of the molecule is COc1ccc(Cl)c2sc(CCCN)nc12. The van der Waals surface area contributed by atoms with Crippen molar-refractivity contribution >= 4 is 33.2 Å². The Kier molecular flexibility index (Phi) is 3.63. The number of benzene rings is 1. The third-order valence-corrected chi connectivity index (χ3v) is 3.89. The van der Waals surface area contributed by atoms with Gasteiger partial charge in [0.2, 0.25) is 0 Å². The Morgan fingerprint density at radius 2 is 2.31 bits per heavy atom. The summed E-state index contributed by atoms with van der Waals surface area (Å²) in [5.41, 5.74) is 6.34. The Balaban J connectivity index is 2.46. The van der Waals surface area contributed by atoms with Crippen molar-refractivity contribution in [1.82, 2.24) is 4.98 Å². The predicted octanol–water partition coefficient (Wildman–Crippen LogP) is 2.85. The van der Waals surface area contributed by atoms with Crippen LogP contribution in [0.1, 0.15) is 11.4 Å².